The van der Waals surface area contributed by atoms with Crippen molar-refractivity contribution < 1.29 is 8.42 Å². The molecule has 0 unspecified atom stereocenters. The number of hydrogen-bond acceptors (Lipinski definition) is 3. The fourth-order valence-electron chi connectivity index (χ4n) is 2.08. The molecule has 112 valence electrons. The summed E-state index contributed by atoms with van der Waals surface area (Å²) >= 11 is 5.85. The second-order valence-electron chi connectivity index (χ2n) is 4.79. The van der Waals surface area contributed by atoms with Gasteiger partial charge < -0.3 is 0 Å². The van der Waals surface area contributed by atoms with Crippen LogP contribution in [0.5, 0.6) is 0 Å². The van der Waals surface area contributed by atoms with Crippen molar-refractivity contribution in [2.24, 2.45) is 0 Å². The van der Waals surface area contributed by atoms with Crippen molar-refractivity contribution in [3.63, 3.8) is 0 Å². The first-order valence-corrected chi connectivity index (χ1v) is 8.44. The largest absolute Gasteiger partial charge is 0.265 e. The molecule has 0 aliphatic carbocycles. The molecule has 0 amide bonds. The van der Waals surface area contributed by atoms with E-state index in [4.69, 9.17) is 11.6 Å². The van der Waals surface area contributed by atoms with Gasteiger partial charge in [0.2, 0.25) is 10.0 Å². The Labute approximate surface area is 130 Å². The number of sulfonamides is 1. The average Bonchev–Trinajstić information content (AvgIpc) is 2.48. The van der Waals surface area contributed by atoms with Gasteiger partial charge in [0.25, 0.3) is 0 Å². The van der Waals surface area contributed by atoms with Crippen LogP contribution in [0.25, 0.3) is 0 Å². The molecule has 0 atom stereocenters. The summed E-state index contributed by atoms with van der Waals surface area (Å²) in [6.07, 6.45) is 3.30. The van der Waals surface area contributed by atoms with Gasteiger partial charge in [0, 0.05) is 31.9 Å². The number of halogens is 1. The normalized spacial score (nSPS) is 11.8. The SMILES string of the molecule is Cc1c(CCl)cccc1S(=O)(=O)N(C)Cc1ccncc1. The van der Waals surface area contributed by atoms with E-state index >= 15 is 0 Å². The number of benzene rings is 1. The van der Waals surface area contributed by atoms with Crippen LogP contribution >= 0.6 is 11.6 Å². The number of alkyl halides is 1. The van der Waals surface area contributed by atoms with E-state index in [1.807, 2.05) is 6.07 Å². The van der Waals surface area contributed by atoms with Gasteiger partial charge in [-0.25, -0.2) is 8.42 Å². The Hall–Kier alpha value is -1.43. The number of aromatic nitrogens is 1. The Morgan fingerprint density at radius 2 is 1.86 bits per heavy atom. The highest BCUT2D eigenvalue weighted by Gasteiger charge is 2.23. The van der Waals surface area contributed by atoms with Gasteiger partial charge in [-0.15, -0.1) is 11.6 Å². The molecular weight excluding hydrogens is 308 g/mol. The van der Waals surface area contributed by atoms with E-state index in [2.05, 4.69) is 4.98 Å². The molecule has 0 aliphatic heterocycles. The average molecular weight is 325 g/mol. The van der Waals surface area contributed by atoms with Crippen LogP contribution < -0.4 is 0 Å². The lowest BCUT2D eigenvalue weighted by Crippen LogP contribution is -2.27. The van der Waals surface area contributed by atoms with E-state index in [0.717, 1.165) is 11.1 Å². The highest BCUT2D eigenvalue weighted by Crippen LogP contribution is 2.23. The second-order valence-corrected chi connectivity index (χ2v) is 7.07. The maximum Gasteiger partial charge on any atom is 0.243 e. The van der Waals surface area contributed by atoms with Crippen molar-refractivity contribution in [2.45, 2.75) is 24.2 Å². The lowest BCUT2D eigenvalue weighted by molar-refractivity contribution is 0.466. The summed E-state index contributed by atoms with van der Waals surface area (Å²) in [6, 6.07) is 8.77. The van der Waals surface area contributed by atoms with Gasteiger partial charge >= 0.3 is 0 Å². The van der Waals surface area contributed by atoms with Crippen molar-refractivity contribution in [1.29, 1.82) is 0 Å². The number of pyridine rings is 1. The first-order valence-electron chi connectivity index (χ1n) is 6.46. The van der Waals surface area contributed by atoms with Gasteiger partial charge in [-0.3, -0.25) is 4.98 Å². The van der Waals surface area contributed by atoms with Crippen LogP contribution in [-0.2, 0) is 22.4 Å². The Morgan fingerprint density at radius 3 is 2.48 bits per heavy atom. The summed E-state index contributed by atoms with van der Waals surface area (Å²) in [5, 5.41) is 0. The third-order valence-corrected chi connectivity index (χ3v) is 5.62. The molecule has 0 saturated heterocycles. The minimum absolute atomic E-state index is 0.295. The number of nitrogens with zero attached hydrogens (tertiary/aromatic N) is 2. The first-order chi connectivity index (χ1) is 9.96. The summed E-state index contributed by atoms with van der Waals surface area (Å²) in [5.41, 5.74) is 2.42. The monoisotopic (exact) mass is 324 g/mol. The lowest BCUT2D eigenvalue weighted by atomic mass is 10.1. The van der Waals surface area contributed by atoms with Gasteiger partial charge in [0.1, 0.15) is 0 Å². The molecule has 2 aromatic rings. The zero-order chi connectivity index (χ0) is 15.5. The summed E-state index contributed by atoms with van der Waals surface area (Å²) in [4.78, 5) is 4.23. The summed E-state index contributed by atoms with van der Waals surface area (Å²) in [7, 11) is -1.97. The Balaban J connectivity index is 2.34. The summed E-state index contributed by atoms with van der Waals surface area (Å²) in [6.45, 7) is 2.08. The van der Waals surface area contributed by atoms with Crippen LogP contribution in [0.15, 0.2) is 47.6 Å². The maximum absolute atomic E-state index is 12.7. The minimum atomic E-state index is -3.55. The third kappa shape index (κ3) is 3.43. The van der Waals surface area contributed by atoms with E-state index in [-0.39, 0.29) is 0 Å². The molecule has 0 spiro atoms. The fraction of sp³-hybridized carbons (Fsp3) is 0.267. The molecule has 0 radical (unpaired) electrons. The molecule has 2 rings (SSSR count). The molecule has 21 heavy (non-hydrogen) atoms. The second kappa shape index (κ2) is 6.56. The number of rotatable bonds is 5. The van der Waals surface area contributed by atoms with Crippen molar-refractivity contribution in [1.82, 2.24) is 9.29 Å². The van der Waals surface area contributed by atoms with Crippen LogP contribution in [0, 0.1) is 6.92 Å². The van der Waals surface area contributed by atoms with Crippen LogP contribution in [-0.4, -0.2) is 24.8 Å². The van der Waals surface area contributed by atoms with Gasteiger partial charge in [-0.05, 0) is 41.8 Å². The van der Waals surface area contributed by atoms with Crippen molar-refractivity contribution in [2.75, 3.05) is 7.05 Å². The van der Waals surface area contributed by atoms with E-state index in [1.54, 1.807) is 50.6 Å². The summed E-state index contributed by atoms with van der Waals surface area (Å²) in [5.74, 6) is 0.295. The van der Waals surface area contributed by atoms with Crippen LogP contribution in [0.4, 0.5) is 0 Å². The smallest absolute Gasteiger partial charge is 0.243 e. The van der Waals surface area contributed by atoms with Crippen molar-refractivity contribution in [3.05, 3.63) is 59.4 Å². The zero-order valence-electron chi connectivity index (χ0n) is 12.0. The van der Waals surface area contributed by atoms with Crippen LogP contribution in [0.1, 0.15) is 16.7 Å². The van der Waals surface area contributed by atoms with Gasteiger partial charge in [-0.2, -0.15) is 4.31 Å². The fourth-order valence-corrected chi connectivity index (χ4v) is 3.80. The molecule has 0 fully saturated rings. The molecule has 0 saturated carbocycles. The van der Waals surface area contributed by atoms with Gasteiger partial charge in [0.15, 0.2) is 0 Å². The molecule has 1 aromatic carbocycles. The third-order valence-electron chi connectivity index (χ3n) is 3.38. The standard InChI is InChI=1S/C15H17ClN2O2S/c1-12-14(10-16)4-3-5-15(12)21(19,20)18(2)11-13-6-8-17-9-7-13/h3-9H,10-11H2,1-2H3. The quantitative estimate of drug-likeness (QED) is 0.794. The van der Waals surface area contributed by atoms with E-state index < -0.39 is 10.0 Å². The van der Waals surface area contributed by atoms with Crippen molar-refractivity contribution in [3.8, 4) is 0 Å². The molecule has 4 nitrogen and oxygen atoms in total. The summed E-state index contributed by atoms with van der Waals surface area (Å²) < 4.78 is 26.7. The van der Waals surface area contributed by atoms with E-state index in [0.29, 0.717) is 22.9 Å². The minimum Gasteiger partial charge on any atom is -0.265 e. The first kappa shape index (κ1) is 15.9. The Bertz CT molecular complexity index is 718. The molecule has 0 aliphatic rings. The lowest BCUT2D eigenvalue weighted by Gasteiger charge is -2.19. The highest BCUT2D eigenvalue weighted by molar-refractivity contribution is 7.89. The predicted octanol–water partition coefficient (Wildman–Crippen LogP) is 2.95. The van der Waals surface area contributed by atoms with E-state index in [1.165, 1.54) is 4.31 Å². The van der Waals surface area contributed by atoms with E-state index in [9.17, 15) is 8.42 Å². The molecular formula is C15H17ClN2O2S. The predicted molar refractivity (Wildman–Crippen MR) is 83.6 cm³/mol. The molecule has 0 bridgehead atoms. The molecule has 1 aromatic heterocycles. The highest BCUT2D eigenvalue weighted by atomic mass is 35.5. The van der Waals surface area contributed by atoms with Gasteiger partial charge in [-0.1, -0.05) is 12.1 Å². The van der Waals surface area contributed by atoms with Crippen LogP contribution in [0.3, 0.4) is 0 Å². The Morgan fingerprint density at radius 1 is 1.19 bits per heavy atom. The molecule has 6 heteroatoms. The molecule has 0 N–H and O–H groups in total. The zero-order valence-corrected chi connectivity index (χ0v) is 13.5. The topological polar surface area (TPSA) is 50.3 Å². The number of hydrogen-bond donors (Lipinski definition) is 0. The van der Waals surface area contributed by atoms with Crippen LogP contribution in [0.2, 0.25) is 0 Å². The van der Waals surface area contributed by atoms with Gasteiger partial charge in [0.05, 0.1) is 4.90 Å². The molecule has 1 heterocycles. The van der Waals surface area contributed by atoms with Crippen molar-refractivity contribution >= 4 is 21.6 Å². The maximum atomic E-state index is 12.7. The Kier molecular flexibility index (Phi) is 4.98.